The van der Waals surface area contributed by atoms with Gasteiger partial charge >= 0.3 is 0 Å². The minimum Gasteiger partial charge on any atom is -0.313 e. The molecule has 0 radical (unpaired) electrons. The number of aromatic nitrogens is 2. The largest absolute Gasteiger partial charge is 0.313 e. The van der Waals surface area contributed by atoms with Gasteiger partial charge in [-0.05, 0) is 43.7 Å². The molecule has 0 aliphatic rings. The number of aryl methyl sites for hydroxylation is 3. The fraction of sp³-hybridized carbons (Fsp3) is 0.438. The maximum absolute atomic E-state index is 4.52. The van der Waals surface area contributed by atoms with Gasteiger partial charge in [0, 0.05) is 29.7 Å². The van der Waals surface area contributed by atoms with Crippen LogP contribution in [0.3, 0.4) is 0 Å². The molecular formula is C16H22BrN3. The van der Waals surface area contributed by atoms with Gasteiger partial charge < -0.3 is 5.32 Å². The lowest BCUT2D eigenvalue weighted by atomic mass is 10.00. The molecular weight excluding hydrogens is 314 g/mol. The van der Waals surface area contributed by atoms with E-state index in [2.05, 4.69) is 64.5 Å². The van der Waals surface area contributed by atoms with Crippen LogP contribution in [-0.2, 0) is 19.9 Å². The van der Waals surface area contributed by atoms with Gasteiger partial charge in [0.2, 0.25) is 0 Å². The first-order valence-corrected chi connectivity index (χ1v) is 7.79. The summed E-state index contributed by atoms with van der Waals surface area (Å²) < 4.78 is 3.15. The Morgan fingerprint density at radius 2 is 2.10 bits per heavy atom. The lowest BCUT2D eigenvalue weighted by molar-refractivity contribution is 0.561. The lowest BCUT2D eigenvalue weighted by Crippen LogP contribution is -2.20. The lowest BCUT2D eigenvalue weighted by Gasteiger charge is -2.17. The molecule has 0 amide bonds. The summed E-state index contributed by atoms with van der Waals surface area (Å²) in [4.78, 5) is 0. The van der Waals surface area contributed by atoms with Crippen LogP contribution >= 0.6 is 15.9 Å². The minimum absolute atomic E-state index is 0.307. The Labute approximate surface area is 129 Å². The second-order valence-electron chi connectivity index (χ2n) is 5.16. The number of halogens is 1. The van der Waals surface area contributed by atoms with E-state index in [-0.39, 0.29) is 0 Å². The molecule has 2 aromatic rings. The number of hydrogen-bond acceptors (Lipinski definition) is 2. The summed E-state index contributed by atoms with van der Waals surface area (Å²) in [6.45, 7) is 4.26. The van der Waals surface area contributed by atoms with Crippen LogP contribution in [0.5, 0.6) is 0 Å². The van der Waals surface area contributed by atoms with Crippen molar-refractivity contribution in [2.24, 2.45) is 7.05 Å². The van der Waals surface area contributed by atoms with E-state index in [4.69, 9.17) is 0 Å². The highest BCUT2D eigenvalue weighted by atomic mass is 79.9. The molecule has 108 valence electrons. The van der Waals surface area contributed by atoms with Crippen LogP contribution in [0, 0.1) is 6.92 Å². The zero-order valence-electron chi connectivity index (χ0n) is 12.6. The Kier molecular flexibility index (Phi) is 5.00. The molecule has 0 aliphatic heterocycles. The van der Waals surface area contributed by atoms with Crippen molar-refractivity contribution in [2.45, 2.75) is 32.7 Å². The van der Waals surface area contributed by atoms with Gasteiger partial charge in [-0.15, -0.1) is 0 Å². The van der Waals surface area contributed by atoms with Crippen LogP contribution in [0.25, 0.3) is 0 Å². The van der Waals surface area contributed by atoms with Crippen LogP contribution in [-0.4, -0.2) is 16.8 Å². The van der Waals surface area contributed by atoms with Crippen molar-refractivity contribution < 1.29 is 0 Å². The van der Waals surface area contributed by atoms with Crippen LogP contribution < -0.4 is 5.32 Å². The molecule has 2 rings (SSSR count). The number of likely N-dealkylation sites (N-methyl/N-ethyl adjacent to an activating group) is 1. The summed E-state index contributed by atoms with van der Waals surface area (Å²) in [5.41, 5.74) is 5.00. The summed E-state index contributed by atoms with van der Waals surface area (Å²) >= 11 is 3.56. The van der Waals surface area contributed by atoms with Crippen LogP contribution in [0.4, 0.5) is 0 Å². The average Bonchev–Trinajstić information content (AvgIpc) is 2.80. The Morgan fingerprint density at radius 1 is 1.35 bits per heavy atom. The fourth-order valence-electron chi connectivity index (χ4n) is 2.42. The van der Waals surface area contributed by atoms with E-state index < -0.39 is 0 Å². The molecule has 0 aliphatic carbocycles. The molecule has 0 saturated carbocycles. The van der Waals surface area contributed by atoms with Gasteiger partial charge in [0.25, 0.3) is 0 Å². The maximum Gasteiger partial charge on any atom is 0.0624 e. The topological polar surface area (TPSA) is 29.9 Å². The molecule has 0 fully saturated rings. The van der Waals surface area contributed by atoms with Gasteiger partial charge in [-0.2, -0.15) is 5.10 Å². The SMILES string of the molecule is CCc1cc(CC(NC)c2ccc(Br)c(C)c2)n(C)n1. The third kappa shape index (κ3) is 3.30. The molecule has 20 heavy (non-hydrogen) atoms. The Hall–Kier alpha value is -1.13. The highest BCUT2D eigenvalue weighted by Gasteiger charge is 2.14. The standard InChI is InChI=1S/C16H22BrN3/c1-5-13-9-14(20(4)19-13)10-16(18-3)12-6-7-15(17)11(2)8-12/h6-9,16,18H,5,10H2,1-4H3. The van der Waals surface area contributed by atoms with Crippen LogP contribution in [0.2, 0.25) is 0 Å². The first-order chi connectivity index (χ1) is 9.55. The van der Waals surface area contributed by atoms with Crippen molar-refractivity contribution >= 4 is 15.9 Å². The molecule has 0 saturated heterocycles. The summed E-state index contributed by atoms with van der Waals surface area (Å²) in [5, 5.41) is 7.93. The van der Waals surface area contributed by atoms with Crippen LogP contribution in [0.15, 0.2) is 28.7 Å². The highest BCUT2D eigenvalue weighted by Crippen LogP contribution is 2.23. The minimum atomic E-state index is 0.307. The average molecular weight is 336 g/mol. The van der Waals surface area contributed by atoms with Crippen molar-refractivity contribution in [1.82, 2.24) is 15.1 Å². The van der Waals surface area contributed by atoms with Crippen molar-refractivity contribution in [3.8, 4) is 0 Å². The molecule has 1 N–H and O–H groups in total. The second kappa shape index (κ2) is 6.55. The predicted octanol–water partition coefficient (Wildman–Crippen LogP) is 3.56. The third-order valence-electron chi connectivity index (χ3n) is 3.74. The van der Waals surface area contributed by atoms with Crippen molar-refractivity contribution in [3.05, 3.63) is 51.3 Å². The quantitative estimate of drug-likeness (QED) is 0.905. The van der Waals surface area contributed by atoms with Gasteiger partial charge in [0.05, 0.1) is 5.69 Å². The molecule has 0 bridgehead atoms. The zero-order valence-corrected chi connectivity index (χ0v) is 14.2. The van der Waals surface area contributed by atoms with E-state index in [9.17, 15) is 0 Å². The summed E-state index contributed by atoms with van der Waals surface area (Å²) in [6, 6.07) is 9.05. The molecule has 0 spiro atoms. The number of nitrogens with zero attached hydrogens (tertiary/aromatic N) is 2. The summed E-state index contributed by atoms with van der Waals surface area (Å²) in [7, 11) is 4.03. The zero-order chi connectivity index (χ0) is 14.7. The van der Waals surface area contributed by atoms with E-state index in [1.165, 1.54) is 16.8 Å². The first-order valence-electron chi connectivity index (χ1n) is 7.00. The third-order valence-corrected chi connectivity index (χ3v) is 4.63. The van der Waals surface area contributed by atoms with Gasteiger partial charge in [-0.3, -0.25) is 4.68 Å². The molecule has 3 nitrogen and oxygen atoms in total. The maximum atomic E-state index is 4.52. The van der Waals surface area contributed by atoms with Gasteiger partial charge in [0.15, 0.2) is 0 Å². The monoisotopic (exact) mass is 335 g/mol. The molecule has 1 unspecified atom stereocenters. The number of rotatable bonds is 5. The van der Waals surface area contributed by atoms with Crippen LogP contribution in [0.1, 0.15) is 35.5 Å². The fourth-order valence-corrected chi connectivity index (χ4v) is 2.66. The number of nitrogens with one attached hydrogen (secondary N) is 1. The normalized spacial score (nSPS) is 12.7. The van der Waals surface area contributed by atoms with Gasteiger partial charge in [-0.1, -0.05) is 35.0 Å². The molecule has 1 atom stereocenters. The number of benzene rings is 1. The predicted molar refractivity (Wildman–Crippen MR) is 87.0 cm³/mol. The van der Waals surface area contributed by atoms with E-state index in [0.717, 1.165) is 23.0 Å². The number of hydrogen-bond donors (Lipinski definition) is 1. The first kappa shape index (κ1) is 15.3. The smallest absolute Gasteiger partial charge is 0.0624 e. The molecule has 4 heteroatoms. The van der Waals surface area contributed by atoms with E-state index in [0.29, 0.717) is 6.04 Å². The molecule has 1 aromatic carbocycles. The van der Waals surface area contributed by atoms with E-state index in [1.807, 2.05) is 18.8 Å². The second-order valence-corrected chi connectivity index (χ2v) is 6.01. The molecule has 1 aromatic heterocycles. The van der Waals surface area contributed by atoms with E-state index in [1.54, 1.807) is 0 Å². The van der Waals surface area contributed by atoms with Gasteiger partial charge in [-0.25, -0.2) is 0 Å². The summed E-state index contributed by atoms with van der Waals surface area (Å²) in [6.07, 6.45) is 1.93. The molecule has 1 heterocycles. The Bertz CT molecular complexity index is 589. The highest BCUT2D eigenvalue weighted by molar-refractivity contribution is 9.10. The van der Waals surface area contributed by atoms with Crippen molar-refractivity contribution in [1.29, 1.82) is 0 Å². The Morgan fingerprint density at radius 3 is 2.65 bits per heavy atom. The summed E-state index contributed by atoms with van der Waals surface area (Å²) in [5.74, 6) is 0. The van der Waals surface area contributed by atoms with Crippen molar-refractivity contribution in [2.75, 3.05) is 7.05 Å². The Balaban J connectivity index is 2.23. The van der Waals surface area contributed by atoms with Gasteiger partial charge in [0.1, 0.15) is 0 Å². The van der Waals surface area contributed by atoms with E-state index >= 15 is 0 Å². The van der Waals surface area contributed by atoms with Crippen molar-refractivity contribution in [3.63, 3.8) is 0 Å².